The van der Waals surface area contributed by atoms with Gasteiger partial charge in [0.25, 0.3) is 10.0 Å². The van der Waals surface area contributed by atoms with Crippen molar-refractivity contribution in [1.29, 1.82) is 0 Å². The van der Waals surface area contributed by atoms with E-state index in [1.54, 1.807) is 42.6 Å². The van der Waals surface area contributed by atoms with Crippen molar-refractivity contribution in [1.82, 2.24) is 0 Å². The van der Waals surface area contributed by atoms with Gasteiger partial charge in [-0.2, -0.15) is 0 Å². The van der Waals surface area contributed by atoms with E-state index < -0.39 is 20.0 Å². The topological polar surface area (TPSA) is 83.6 Å². The lowest BCUT2D eigenvalue weighted by atomic mass is 10.0. The van der Waals surface area contributed by atoms with E-state index in [1.807, 2.05) is 0 Å². The molecule has 0 unspecified atom stereocenters. The van der Waals surface area contributed by atoms with E-state index in [9.17, 15) is 16.8 Å². The fourth-order valence-corrected chi connectivity index (χ4v) is 5.93. The quantitative estimate of drug-likeness (QED) is 0.856. The lowest BCUT2D eigenvalue weighted by Crippen LogP contribution is -2.36. The Morgan fingerprint density at radius 3 is 2.67 bits per heavy atom. The van der Waals surface area contributed by atoms with Gasteiger partial charge < -0.3 is 0 Å². The molecule has 2 heterocycles. The molecule has 24 heavy (non-hydrogen) atoms. The third-order valence-electron chi connectivity index (χ3n) is 3.87. The first-order valence-electron chi connectivity index (χ1n) is 7.53. The molecule has 0 saturated carbocycles. The van der Waals surface area contributed by atoms with E-state index in [2.05, 4.69) is 4.72 Å². The minimum Gasteiger partial charge on any atom is -0.279 e. The van der Waals surface area contributed by atoms with Crippen molar-refractivity contribution in [3.63, 3.8) is 0 Å². The normalized spacial score (nSPS) is 15.1. The number of hydrogen-bond acceptors (Lipinski definition) is 5. The van der Waals surface area contributed by atoms with Crippen molar-refractivity contribution in [3.05, 3.63) is 41.3 Å². The van der Waals surface area contributed by atoms with Gasteiger partial charge in [0, 0.05) is 12.2 Å². The van der Waals surface area contributed by atoms with Crippen LogP contribution in [0.25, 0.3) is 0 Å². The maximum absolute atomic E-state index is 12.3. The molecule has 0 atom stereocenters. The Morgan fingerprint density at radius 1 is 1.21 bits per heavy atom. The molecule has 0 saturated heterocycles. The van der Waals surface area contributed by atoms with Gasteiger partial charge in [0.2, 0.25) is 10.0 Å². The van der Waals surface area contributed by atoms with Crippen molar-refractivity contribution < 1.29 is 16.8 Å². The zero-order chi connectivity index (χ0) is 17.4. The molecular weight excluding hydrogens is 368 g/mol. The Labute approximate surface area is 146 Å². The molecule has 1 aromatic heterocycles. The molecule has 0 bridgehead atoms. The molecule has 1 aromatic carbocycles. The number of rotatable bonds is 5. The Balaban J connectivity index is 1.92. The highest BCUT2D eigenvalue weighted by atomic mass is 32.2. The van der Waals surface area contributed by atoms with Gasteiger partial charge in [-0.1, -0.05) is 6.07 Å². The molecule has 1 aliphatic rings. The van der Waals surface area contributed by atoms with Crippen LogP contribution in [0.3, 0.4) is 0 Å². The van der Waals surface area contributed by atoms with Crippen LogP contribution in [0.4, 0.5) is 11.4 Å². The minimum atomic E-state index is -3.61. The molecule has 9 heteroatoms. The number of nitrogens with zero attached hydrogens (tertiary/aromatic N) is 1. The van der Waals surface area contributed by atoms with Crippen LogP contribution >= 0.6 is 11.3 Å². The summed E-state index contributed by atoms with van der Waals surface area (Å²) in [6, 6.07) is 8.22. The average Bonchev–Trinajstić information content (AvgIpc) is 3.09. The van der Waals surface area contributed by atoms with Gasteiger partial charge in [0.1, 0.15) is 4.21 Å². The number of benzene rings is 1. The molecule has 0 aliphatic carbocycles. The van der Waals surface area contributed by atoms with Crippen molar-refractivity contribution >= 4 is 42.8 Å². The number of nitrogens with one attached hydrogen (secondary N) is 1. The summed E-state index contributed by atoms with van der Waals surface area (Å²) in [5, 5.41) is 1.70. The van der Waals surface area contributed by atoms with E-state index >= 15 is 0 Å². The Morgan fingerprint density at radius 2 is 2.00 bits per heavy atom. The van der Waals surface area contributed by atoms with Crippen LogP contribution in [0.2, 0.25) is 0 Å². The van der Waals surface area contributed by atoms with Crippen LogP contribution < -0.4 is 9.03 Å². The number of anilines is 2. The molecular formula is C15H18N2O4S3. The number of sulfonamides is 2. The highest BCUT2D eigenvalue weighted by Crippen LogP contribution is 2.32. The van der Waals surface area contributed by atoms with Crippen LogP contribution in [0.15, 0.2) is 39.9 Å². The summed E-state index contributed by atoms with van der Waals surface area (Å²) in [5.74, 6) is 0.0409. The summed E-state index contributed by atoms with van der Waals surface area (Å²) in [4.78, 5) is 0. The van der Waals surface area contributed by atoms with E-state index in [-0.39, 0.29) is 9.96 Å². The van der Waals surface area contributed by atoms with Crippen LogP contribution in [-0.2, 0) is 26.5 Å². The van der Waals surface area contributed by atoms with Gasteiger partial charge in [-0.3, -0.25) is 9.03 Å². The van der Waals surface area contributed by atoms with Gasteiger partial charge in [0.05, 0.1) is 11.4 Å². The molecule has 0 fully saturated rings. The molecule has 130 valence electrons. The summed E-state index contributed by atoms with van der Waals surface area (Å²) in [6.07, 6.45) is 1.44. The van der Waals surface area contributed by atoms with E-state index in [4.69, 9.17) is 0 Å². The first kappa shape index (κ1) is 17.2. The van der Waals surface area contributed by atoms with Crippen molar-refractivity contribution in [2.75, 3.05) is 21.3 Å². The third-order valence-corrected chi connectivity index (χ3v) is 8.43. The zero-order valence-corrected chi connectivity index (χ0v) is 15.5. The molecule has 1 aliphatic heterocycles. The fraction of sp³-hybridized carbons (Fsp3) is 0.333. The zero-order valence-electron chi connectivity index (χ0n) is 13.1. The first-order valence-corrected chi connectivity index (χ1v) is 11.5. The highest BCUT2D eigenvalue weighted by Gasteiger charge is 2.26. The van der Waals surface area contributed by atoms with Gasteiger partial charge in [0.15, 0.2) is 0 Å². The second-order valence-corrected chi connectivity index (χ2v) is 10.5. The fourth-order valence-electron chi connectivity index (χ4n) is 2.69. The average molecular weight is 387 g/mol. The summed E-state index contributed by atoms with van der Waals surface area (Å²) < 4.78 is 53.2. The van der Waals surface area contributed by atoms with E-state index in [1.165, 1.54) is 4.31 Å². The standard InChI is InChI=1S/C15H18N2O4S3/c1-2-23(18,19)17-9-3-5-12-11-13(7-8-14(12)17)16-24(20,21)15-6-4-10-22-15/h4,6-8,10-11,16H,2-3,5,9H2,1H3. The number of aryl methyl sites for hydroxylation is 1. The Hall–Kier alpha value is -1.58. The largest absolute Gasteiger partial charge is 0.279 e. The van der Waals surface area contributed by atoms with Crippen molar-refractivity contribution in [2.45, 2.75) is 24.0 Å². The van der Waals surface area contributed by atoms with Crippen LogP contribution in [-0.4, -0.2) is 29.1 Å². The molecule has 6 nitrogen and oxygen atoms in total. The predicted molar refractivity (Wildman–Crippen MR) is 96.7 cm³/mol. The molecule has 0 spiro atoms. The minimum absolute atomic E-state index is 0.0409. The van der Waals surface area contributed by atoms with Crippen molar-refractivity contribution in [2.24, 2.45) is 0 Å². The third kappa shape index (κ3) is 3.28. The van der Waals surface area contributed by atoms with Crippen LogP contribution in [0.5, 0.6) is 0 Å². The maximum atomic E-state index is 12.3. The second kappa shape index (κ2) is 6.38. The SMILES string of the molecule is CCS(=O)(=O)N1CCCc2cc(NS(=O)(=O)c3cccs3)ccc21. The summed E-state index contributed by atoms with van der Waals surface area (Å²) in [6.45, 7) is 2.08. The lowest BCUT2D eigenvalue weighted by molar-refractivity contribution is 0.587. The summed E-state index contributed by atoms with van der Waals surface area (Å²) in [7, 11) is -6.93. The smallest absolute Gasteiger partial charge is 0.271 e. The molecule has 1 N–H and O–H groups in total. The van der Waals surface area contributed by atoms with Gasteiger partial charge in [-0.05, 0) is 55.0 Å². The Bertz CT molecular complexity index is 935. The number of fused-ring (bicyclic) bond motifs is 1. The number of hydrogen-bond donors (Lipinski definition) is 1. The second-order valence-electron chi connectivity index (χ2n) is 5.46. The van der Waals surface area contributed by atoms with Gasteiger partial charge >= 0.3 is 0 Å². The van der Waals surface area contributed by atoms with E-state index in [0.29, 0.717) is 24.3 Å². The predicted octanol–water partition coefficient (Wildman–Crippen LogP) is 2.65. The number of thiophene rings is 1. The summed E-state index contributed by atoms with van der Waals surface area (Å²) in [5.41, 5.74) is 1.92. The Kier molecular flexibility index (Phi) is 4.58. The molecule has 3 rings (SSSR count). The maximum Gasteiger partial charge on any atom is 0.271 e. The van der Waals surface area contributed by atoms with Crippen molar-refractivity contribution in [3.8, 4) is 0 Å². The van der Waals surface area contributed by atoms with Crippen LogP contribution in [0.1, 0.15) is 18.9 Å². The summed E-state index contributed by atoms with van der Waals surface area (Å²) >= 11 is 1.15. The first-order chi connectivity index (χ1) is 11.3. The monoisotopic (exact) mass is 386 g/mol. The van der Waals surface area contributed by atoms with E-state index in [0.717, 1.165) is 23.3 Å². The van der Waals surface area contributed by atoms with Crippen LogP contribution in [0, 0.1) is 0 Å². The molecule has 0 amide bonds. The van der Waals surface area contributed by atoms with Gasteiger partial charge in [-0.15, -0.1) is 11.3 Å². The highest BCUT2D eigenvalue weighted by molar-refractivity contribution is 7.94. The lowest BCUT2D eigenvalue weighted by Gasteiger charge is -2.30. The molecule has 2 aromatic rings. The van der Waals surface area contributed by atoms with Gasteiger partial charge in [-0.25, -0.2) is 16.8 Å². The molecule has 0 radical (unpaired) electrons.